The quantitative estimate of drug-likeness (QED) is 0.291. The first kappa shape index (κ1) is 41.9. The van der Waals surface area contributed by atoms with Gasteiger partial charge in [-0.15, -0.1) is 0 Å². The molecule has 202 valence electrons. The summed E-state index contributed by atoms with van der Waals surface area (Å²) in [5.74, 6) is 0. The van der Waals surface area contributed by atoms with Gasteiger partial charge in [-0.05, 0) is 79.3 Å². The van der Waals surface area contributed by atoms with Crippen LogP contribution in [0.5, 0.6) is 0 Å². The van der Waals surface area contributed by atoms with E-state index >= 15 is 0 Å². The molecule has 0 amide bonds. The molecule has 1 saturated heterocycles. The molecule has 32 heavy (non-hydrogen) atoms. The van der Waals surface area contributed by atoms with E-state index in [9.17, 15) is 0 Å². The molecule has 1 heterocycles. The Hall–Kier alpha value is -0.320. The second kappa shape index (κ2) is 35.3. The Bertz CT molecular complexity index is 259. The van der Waals surface area contributed by atoms with Gasteiger partial charge in [-0.3, -0.25) is 0 Å². The van der Waals surface area contributed by atoms with E-state index in [-0.39, 0.29) is 24.8 Å². The lowest BCUT2D eigenvalue weighted by Gasteiger charge is -2.13. The van der Waals surface area contributed by atoms with Crippen molar-refractivity contribution in [1.29, 1.82) is 0 Å². The molecule has 0 saturated carbocycles. The van der Waals surface area contributed by atoms with E-state index in [4.69, 9.17) is 38.9 Å². The van der Waals surface area contributed by atoms with E-state index < -0.39 is 0 Å². The monoisotopic (exact) mass is 469 g/mol. The molecule has 0 spiro atoms. The highest BCUT2D eigenvalue weighted by molar-refractivity contribution is 4.67. The van der Waals surface area contributed by atoms with Crippen LogP contribution in [0.4, 0.5) is 0 Å². The van der Waals surface area contributed by atoms with Gasteiger partial charge in [-0.2, -0.15) is 0 Å². The maximum absolute atomic E-state index is 8.02. The van der Waals surface area contributed by atoms with Gasteiger partial charge in [-0.25, -0.2) is 0 Å². The van der Waals surface area contributed by atoms with Crippen molar-refractivity contribution in [3.63, 3.8) is 0 Å². The van der Waals surface area contributed by atoms with Gasteiger partial charge in [0.25, 0.3) is 0 Å². The third-order valence-electron chi connectivity index (χ3n) is 4.23. The van der Waals surface area contributed by atoms with Gasteiger partial charge in [-0.1, -0.05) is 34.1 Å². The third kappa shape index (κ3) is 78.1. The van der Waals surface area contributed by atoms with Crippen molar-refractivity contribution >= 4 is 0 Å². The van der Waals surface area contributed by atoms with Crippen LogP contribution in [-0.2, 0) is 0 Å². The molecule has 0 aromatic rings. The first-order valence-electron chi connectivity index (χ1n) is 12.5. The van der Waals surface area contributed by atoms with Crippen LogP contribution in [0.15, 0.2) is 0 Å². The van der Waals surface area contributed by atoms with Crippen molar-refractivity contribution in [2.45, 2.75) is 124 Å². The van der Waals surface area contributed by atoms with Crippen LogP contribution in [0, 0.1) is 0 Å². The first-order valence-corrected chi connectivity index (χ1v) is 12.5. The standard InChI is InChI=1S/C5H11N.2C5H13N.C4H11N.C3H9NO.C2H7NO/c1-2-4-6-5-3-1;1-4-5(2,3)6;1-3-5(6)4-2;1-3-4(2)5;1-3(4)2-5;3-1-2-4/h6H,1-5H2;4,6H2,1-3H3;5H,3-4,6H2,1-2H3;4H,3,5H2,1-2H3;3,5H,2,4H2,1H3;4H,1-3H2. The Morgan fingerprint density at radius 2 is 1.12 bits per heavy atom. The number of hydrogen-bond donors (Lipinski definition) is 8. The maximum atomic E-state index is 8.02. The topological polar surface area (TPSA) is 183 Å². The molecular weight excluding hydrogens is 404 g/mol. The number of piperidine rings is 1. The van der Waals surface area contributed by atoms with Crippen LogP contribution < -0.4 is 34.0 Å². The highest BCUT2D eigenvalue weighted by Gasteiger charge is 2.03. The molecule has 0 aromatic carbocycles. The zero-order valence-electron chi connectivity index (χ0n) is 23.0. The molecule has 8 nitrogen and oxygen atoms in total. The Labute approximate surface area is 201 Å². The summed E-state index contributed by atoms with van der Waals surface area (Å²) in [6.45, 7) is 19.2. The number of rotatable bonds is 6. The summed E-state index contributed by atoms with van der Waals surface area (Å²) < 4.78 is 0. The summed E-state index contributed by atoms with van der Waals surface area (Å²) in [6.07, 6.45) is 8.56. The van der Waals surface area contributed by atoms with Crippen LogP contribution in [0.2, 0.25) is 0 Å². The van der Waals surface area contributed by atoms with Gasteiger partial charge >= 0.3 is 0 Å². The summed E-state index contributed by atoms with van der Waals surface area (Å²) in [7, 11) is 0. The van der Waals surface area contributed by atoms with Crippen LogP contribution >= 0.6 is 0 Å². The molecule has 0 bridgehead atoms. The zero-order valence-corrected chi connectivity index (χ0v) is 23.0. The van der Waals surface area contributed by atoms with Crippen LogP contribution in [0.25, 0.3) is 0 Å². The second-order valence-corrected chi connectivity index (χ2v) is 8.79. The summed E-state index contributed by atoms with van der Waals surface area (Å²) >= 11 is 0. The van der Waals surface area contributed by atoms with Crippen LogP contribution in [0.1, 0.15) is 100 Å². The van der Waals surface area contributed by atoms with Crippen molar-refractivity contribution in [2.24, 2.45) is 28.7 Å². The number of nitrogens with two attached hydrogens (primary N) is 5. The lowest BCUT2D eigenvalue weighted by molar-refractivity contribution is 0.273. The Balaban J connectivity index is -0.0000000917. The first-order chi connectivity index (χ1) is 14.8. The van der Waals surface area contributed by atoms with E-state index in [2.05, 4.69) is 33.0 Å². The van der Waals surface area contributed by atoms with Crippen LogP contribution in [0.3, 0.4) is 0 Å². The summed E-state index contributed by atoms with van der Waals surface area (Å²) in [5, 5.41) is 19.1. The third-order valence-corrected chi connectivity index (χ3v) is 4.23. The largest absolute Gasteiger partial charge is 0.395 e. The molecule has 1 fully saturated rings. The zero-order chi connectivity index (χ0) is 26.4. The van der Waals surface area contributed by atoms with Gasteiger partial charge in [0.05, 0.1) is 13.2 Å². The molecule has 1 rings (SSSR count). The molecule has 1 aliphatic heterocycles. The molecule has 13 N–H and O–H groups in total. The van der Waals surface area contributed by atoms with Crippen molar-refractivity contribution in [1.82, 2.24) is 5.32 Å². The molecule has 0 radical (unpaired) electrons. The number of nitrogens with one attached hydrogen (secondary N) is 1. The predicted molar refractivity (Wildman–Crippen MR) is 145 cm³/mol. The van der Waals surface area contributed by atoms with E-state index in [1.807, 2.05) is 20.8 Å². The molecule has 2 unspecified atom stereocenters. The predicted octanol–water partition coefficient (Wildman–Crippen LogP) is 2.03. The van der Waals surface area contributed by atoms with Gasteiger partial charge in [0.15, 0.2) is 0 Å². The minimum absolute atomic E-state index is 0.0417. The van der Waals surface area contributed by atoms with Gasteiger partial charge in [0.1, 0.15) is 0 Å². The van der Waals surface area contributed by atoms with Crippen molar-refractivity contribution in [3.8, 4) is 0 Å². The molecule has 0 aliphatic carbocycles. The normalized spacial score (nSPS) is 14.2. The lowest BCUT2D eigenvalue weighted by atomic mass is 10.1. The minimum Gasteiger partial charge on any atom is -0.395 e. The minimum atomic E-state index is -0.0602. The summed E-state index contributed by atoms with van der Waals surface area (Å²) in [5.41, 5.74) is 26.2. The number of hydrogen-bond acceptors (Lipinski definition) is 8. The van der Waals surface area contributed by atoms with E-state index in [0.29, 0.717) is 18.6 Å². The Kier molecular flexibility index (Phi) is 46.2. The molecule has 2 atom stereocenters. The summed E-state index contributed by atoms with van der Waals surface area (Å²) in [6, 6.07) is 0.759. The highest BCUT2D eigenvalue weighted by Crippen LogP contribution is 1.99. The van der Waals surface area contributed by atoms with Crippen molar-refractivity contribution < 1.29 is 10.2 Å². The second-order valence-electron chi connectivity index (χ2n) is 8.79. The number of aliphatic hydroxyl groups is 2. The molecule has 8 heteroatoms. The molecule has 1 aliphatic rings. The average Bonchev–Trinajstić information content (AvgIpc) is 2.80. The SMILES string of the molecule is C1CCNCC1.CC(N)CO.CCC(C)(C)N.CCC(C)N.CCC(N)CC.NCCO. The molecule has 0 aromatic heterocycles. The Morgan fingerprint density at radius 3 is 1.16 bits per heavy atom. The molecular formula is C24H64N6O2. The van der Waals surface area contributed by atoms with E-state index in [1.165, 1.54) is 32.4 Å². The highest BCUT2D eigenvalue weighted by atomic mass is 16.3. The fourth-order valence-corrected chi connectivity index (χ4v) is 1.09. The fourth-order valence-electron chi connectivity index (χ4n) is 1.09. The van der Waals surface area contributed by atoms with Crippen molar-refractivity contribution in [2.75, 3.05) is 32.8 Å². The van der Waals surface area contributed by atoms with Crippen LogP contribution in [-0.4, -0.2) is 66.7 Å². The smallest absolute Gasteiger partial charge is 0.0579 e. The van der Waals surface area contributed by atoms with Crippen molar-refractivity contribution in [3.05, 3.63) is 0 Å². The van der Waals surface area contributed by atoms with Gasteiger partial charge in [0.2, 0.25) is 0 Å². The van der Waals surface area contributed by atoms with Gasteiger partial charge in [0, 0.05) is 30.2 Å². The van der Waals surface area contributed by atoms with Gasteiger partial charge < -0.3 is 44.2 Å². The lowest BCUT2D eigenvalue weighted by Crippen LogP contribution is -2.30. The maximum Gasteiger partial charge on any atom is 0.0579 e. The average molecular weight is 469 g/mol. The fraction of sp³-hybridized carbons (Fsp3) is 1.00. The van der Waals surface area contributed by atoms with E-state index in [0.717, 1.165) is 25.7 Å². The number of aliphatic hydroxyl groups excluding tert-OH is 2. The summed E-state index contributed by atoms with van der Waals surface area (Å²) in [4.78, 5) is 0. The van der Waals surface area contributed by atoms with E-state index in [1.54, 1.807) is 6.92 Å². The Morgan fingerprint density at radius 1 is 0.812 bits per heavy atom.